The fourth-order valence-electron chi connectivity index (χ4n) is 7.90. The van der Waals surface area contributed by atoms with Crippen molar-refractivity contribution in [2.45, 2.75) is 340 Å². The van der Waals surface area contributed by atoms with Gasteiger partial charge >= 0.3 is 49.0 Å². The van der Waals surface area contributed by atoms with Crippen LogP contribution in [0.1, 0.15) is 340 Å². The van der Waals surface area contributed by atoms with Crippen LogP contribution in [0.3, 0.4) is 0 Å². The van der Waals surface area contributed by atoms with Crippen LogP contribution in [-0.2, 0) is 52.5 Å². The molecule has 11 nitrogen and oxygen atoms in total. The maximum absolute atomic E-state index is 12.4. The smallest absolute Gasteiger partial charge is 0.542 e. The average Bonchev–Trinajstić information content (AvgIpc) is 3.44. The molecule has 82 heavy (non-hydrogen) atoms. The molecule has 0 aromatic carbocycles. The van der Waals surface area contributed by atoms with Crippen molar-refractivity contribution >= 4 is 36.3 Å². The van der Waals surface area contributed by atoms with Crippen molar-refractivity contribution in [3.8, 4) is 0 Å². The Kier molecular flexibility index (Phi) is 106. The third kappa shape index (κ3) is 97.1. The normalized spacial score (nSPS) is 11.0. The first-order valence-electron chi connectivity index (χ1n) is 33.5. The van der Waals surface area contributed by atoms with Crippen LogP contribution in [-0.4, -0.2) is 76.4 Å². The van der Waals surface area contributed by atoms with Gasteiger partial charge in [-0.25, -0.2) is 0 Å². The van der Waals surface area contributed by atoms with Crippen molar-refractivity contribution in [1.29, 1.82) is 0 Å². The van der Waals surface area contributed by atoms with Crippen LogP contribution < -0.4 is 0 Å². The first-order valence-corrected chi connectivity index (χ1v) is 33.5. The summed E-state index contributed by atoms with van der Waals surface area (Å²) in [4.78, 5) is 68.3. The van der Waals surface area contributed by atoms with Crippen LogP contribution in [0, 0.1) is 55.8 Å². The summed E-state index contributed by atoms with van der Waals surface area (Å²) in [6, 6.07) is 0. The molecule has 0 spiro atoms. The Balaban J connectivity index is -0.000000161. The molecule has 0 radical (unpaired) electrons. The number of carbonyl (C=O) groups is 5. The molecule has 3 unspecified atom stereocenters. The largest absolute Gasteiger partial charge is 2.00 e. The molecular weight excluding hydrogens is 1250 g/mol. The van der Waals surface area contributed by atoms with E-state index in [1.165, 1.54) is 154 Å². The van der Waals surface area contributed by atoms with Gasteiger partial charge in [-0.3, -0.25) is 25.5 Å². The van der Waals surface area contributed by atoms with Crippen LogP contribution in [0.4, 0.5) is 0 Å². The van der Waals surface area contributed by atoms with Crippen molar-refractivity contribution < 1.29 is 83.6 Å². The number of unbranched alkanes of at least 4 members (excludes halogenated alkanes) is 23. The molecular formula is C70H138O11U. The molecule has 0 saturated heterocycles. The number of hydrogen-bond donors (Lipinski definition) is 0. The van der Waals surface area contributed by atoms with Gasteiger partial charge in [-0.1, -0.05) is 250 Å². The van der Waals surface area contributed by atoms with E-state index in [0.29, 0.717) is 57.4 Å². The Morgan fingerprint density at radius 3 is 1.16 bits per heavy atom. The van der Waals surface area contributed by atoms with E-state index >= 15 is 0 Å². The van der Waals surface area contributed by atoms with E-state index in [1.807, 2.05) is 27.7 Å². The van der Waals surface area contributed by atoms with E-state index in [9.17, 15) is 24.0 Å². The zero-order valence-corrected chi connectivity index (χ0v) is 61.0. The standard InChI is InChI=1S/C27H50O5.C22H40O4.C9H20O.C5H12.C3H7.C2H3O.C2H6.U/c1-4-7-9-11-13-14-16-18-25(28)21-24(22-26(29)31-19-6-3)23-27(30)32-20-17-15-12-10-8-5-2;1-5-7-8-9-10-11-15-26-22(24)18-21(12-14-23)17-20(4)25-16-13-19(3)6-2;1-3-4-5-6-7-8-9-10-2;1-3-5-4-2;1-3-2;1-2-3;1-2;/h24H,4-23H2,1-3H3;14,19,21H,4-13,15-18H2,1-3H3;3-9H2,1-2H3;3-5H2,1-2H3;1,3H2,2H3;1H3;1-2H3;/q;;;;2*-1;;+2. The van der Waals surface area contributed by atoms with E-state index in [-0.39, 0.29) is 92.3 Å². The van der Waals surface area contributed by atoms with Crippen LogP contribution in [0.15, 0.2) is 12.3 Å². The van der Waals surface area contributed by atoms with Gasteiger partial charge in [-0.05, 0) is 56.3 Å². The molecule has 0 aliphatic rings. The van der Waals surface area contributed by atoms with Gasteiger partial charge in [0.2, 0.25) is 0 Å². The summed E-state index contributed by atoms with van der Waals surface area (Å²) in [6.45, 7) is 37.2. The van der Waals surface area contributed by atoms with Gasteiger partial charge in [-0.2, -0.15) is 13.3 Å². The molecule has 488 valence electrons. The van der Waals surface area contributed by atoms with E-state index in [0.717, 1.165) is 77.1 Å². The first kappa shape index (κ1) is 96.3. The molecule has 0 saturated carbocycles. The molecule has 12 heteroatoms. The van der Waals surface area contributed by atoms with E-state index < -0.39 is 0 Å². The monoisotopic (exact) mass is 1390 g/mol. The van der Waals surface area contributed by atoms with Gasteiger partial charge in [0, 0.05) is 58.7 Å². The third-order valence-electron chi connectivity index (χ3n) is 12.9. The SMILES string of the molecule is C=C(CC(CC=O)CC(=O)OCCCCCCCC)OCCC(C)CC.CC.CCCCC.CCCCCCCCCC(=O)CC(CC(=O)OCCC)CC(=O)OCCCCCCCC.CCCCCCCCOC.C[C-]=O.[CH2-]CC.[U+2]. The zero-order valence-electron chi connectivity index (χ0n) is 56.8. The van der Waals surface area contributed by atoms with Crippen molar-refractivity contribution in [3.63, 3.8) is 0 Å². The summed E-state index contributed by atoms with van der Waals surface area (Å²) in [6.07, 6.45) is 42.5. The summed E-state index contributed by atoms with van der Waals surface area (Å²) < 4.78 is 26.5. The number of Topliss-reactive ketones (excluding diaryl/α,β-unsaturated/α-hetero) is 1. The minimum Gasteiger partial charge on any atom is -0.542 e. The number of hydrogen-bond acceptors (Lipinski definition) is 11. The van der Waals surface area contributed by atoms with E-state index in [4.69, 9.17) is 28.5 Å². The minimum atomic E-state index is -0.329. The molecule has 0 aliphatic heterocycles. The summed E-state index contributed by atoms with van der Waals surface area (Å²) in [5.74, 6) is 0.150. The third-order valence-corrected chi connectivity index (χ3v) is 12.9. The molecule has 0 fully saturated rings. The van der Waals surface area contributed by atoms with Crippen LogP contribution in [0.5, 0.6) is 0 Å². The van der Waals surface area contributed by atoms with Gasteiger partial charge in [0.05, 0.1) is 32.2 Å². The second-order valence-electron chi connectivity index (χ2n) is 21.3. The summed E-state index contributed by atoms with van der Waals surface area (Å²) in [7, 11) is 1.77. The molecule has 0 aromatic heterocycles. The van der Waals surface area contributed by atoms with Crippen LogP contribution in [0.25, 0.3) is 0 Å². The topological polar surface area (TPSA) is 149 Å². The molecule has 0 aliphatic carbocycles. The molecule has 0 bridgehead atoms. The van der Waals surface area contributed by atoms with Crippen molar-refractivity contribution in [1.82, 2.24) is 0 Å². The number of methoxy groups -OCH3 is 1. The maximum Gasteiger partial charge on any atom is 2.00 e. The van der Waals surface area contributed by atoms with Gasteiger partial charge in [0.25, 0.3) is 0 Å². The Hall–Kier alpha value is -2.03. The number of carbonyl (C=O) groups excluding carboxylic acids is 6. The summed E-state index contributed by atoms with van der Waals surface area (Å²) in [5, 5.41) is 0. The van der Waals surface area contributed by atoms with Crippen LogP contribution in [0.2, 0.25) is 0 Å². The number of allylic oxidation sites excluding steroid dienone is 1. The second-order valence-corrected chi connectivity index (χ2v) is 21.3. The van der Waals surface area contributed by atoms with E-state index in [2.05, 4.69) is 68.9 Å². The molecule has 0 N–H and O–H groups in total. The maximum atomic E-state index is 12.4. The van der Waals surface area contributed by atoms with Gasteiger partial charge < -0.3 is 40.2 Å². The fraction of sp³-hybridized carbons (Fsp3) is 0.871. The van der Waals surface area contributed by atoms with Crippen LogP contribution >= 0.6 is 0 Å². The molecule has 0 amide bonds. The van der Waals surface area contributed by atoms with Gasteiger partial charge in [-0.15, -0.1) is 0 Å². The Labute approximate surface area is 534 Å². The Morgan fingerprint density at radius 2 is 0.817 bits per heavy atom. The fourth-order valence-corrected chi connectivity index (χ4v) is 7.90. The van der Waals surface area contributed by atoms with E-state index in [1.54, 1.807) is 7.11 Å². The number of esters is 3. The number of aldehydes is 1. The van der Waals surface area contributed by atoms with Crippen molar-refractivity contribution in [2.24, 2.45) is 17.8 Å². The van der Waals surface area contributed by atoms with Crippen molar-refractivity contribution in [2.75, 3.05) is 40.1 Å². The number of ether oxygens (including phenoxy) is 5. The molecule has 0 rings (SSSR count). The molecule has 3 atom stereocenters. The quantitative estimate of drug-likeness (QED) is 0.0143. The minimum absolute atomic E-state index is 0. The second kappa shape index (κ2) is 90.2. The summed E-state index contributed by atoms with van der Waals surface area (Å²) >= 11 is 0. The predicted molar refractivity (Wildman–Crippen MR) is 346 cm³/mol. The molecule has 0 heterocycles. The van der Waals surface area contributed by atoms with Crippen molar-refractivity contribution in [3.05, 3.63) is 19.3 Å². The predicted octanol–water partition coefficient (Wildman–Crippen LogP) is 20.7. The van der Waals surface area contributed by atoms with Gasteiger partial charge in [0.1, 0.15) is 12.1 Å². The Bertz CT molecular complexity index is 1220. The first-order chi connectivity index (χ1) is 39.2. The zero-order chi connectivity index (χ0) is 62.7. The Morgan fingerprint density at radius 1 is 0.476 bits per heavy atom. The molecule has 0 aromatic rings. The summed E-state index contributed by atoms with van der Waals surface area (Å²) in [5.41, 5.74) is 0. The number of rotatable bonds is 50. The van der Waals surface area contributed by atoms with Gasteiger partial charge in [0.15, 0.2) is 0 Å². The average molecular weight is 1390 g/mol. The number of ketones is 1.